The molecule has 0 aromatic heterocycles. The third-order valence-electron chi connectivity index (χ3n) is 5.62. The van der Waals surface area contributed by atoms with Crippen molar-refractivity contribution in [2.45, 2.75) is 25.0 Å². The van der Waals surface area contributed by atoms with E-state index in [9.17, 15) is 14.9 Å². The highest BCUT2D eigenvalue weighted by Crippen LogP contribution is 2.29. The van der Waals surface area contributed by atoms with Crippen LogP contribution in [0.5, 0.6) is 0 Å². The van der Waals surface area contributed by atoms with E-state index in [-0.39, 0.29) is 5.91 Å². The first-order chi connectivity index (χ1) is 14.9. The van der Waals surface area contributed by atoms with Gasteiger partial charge in [0.2, 0.25) is 5.91 Å². The normalized spacial score (nSPS) is 22.3. The Bertz CT molecular complexity index is 885. The van der Waals surface area contributed by atoms with Crippen molar-refractivity contribution in [1.82, 2.24) is 15.1 Å². The summed E-state index contributed by atoms with van der Waals surface area (Å²) in [5.41, 5.74) is 1.25. The lowest BCUT2D eigenvalue weighted by atomic mass is 9.90. The molecule has 2 aliphatic rings. The highest BCUT2D eigenvalue weighted by atomic mass is 16.5. The van der Waals surface area contributed by atoms with Crippen molar-refractivity contribution >= 4 is 17.6 Å². The molecule has 1 fully saturated rings. The number of hydrogen-bond donors (Lipinski definition) is 2. The number of nitrogens with zero attached hydrogens (tertiary/aromatic N) is 3. The minimum atomic E-state index is -1.20. The number of carbonyl (C=O) groups is 2. The van der Waals surface area contributed by atoms with Crippen molar-refractivity contribution < 1.29 is 19.4 Å². The molecule has 2 amide bonds. The van der Waals surface area contributed by atoms with Gasteiger partial charge in [0, 0.05) is 39.1 Å². The third-order valence-corrected chi connectivity index (χ3v) is 5.62. The van der Waals surface area contributed by atoms with Crippen LogP contribution in [0.15, 0.2) is 48.6 Å². The topological polar surface area (TPSA) is 106 Å². The van der Waals surface area contributed by atoms with E-state index in [2.05, 4.69) is 16.3 Å². The largest absolute Gasteiger partial charge is 0.465 e. The fourth-order valence-corrected chi connectivity index (χ4v) is 3.76. The molecule has 0 spiro atoms. The molecule has 2 atom stereocenters. The minimum absolute atomic E-state index is 0.213. The maximum atomic E-state index is 12.3. The number of benzene rings is 1. The summed E-state index contributed by atoms with van der Waals surface area (Å²) in [5.74, 6) is -0.213. The molecular weight excluding hydrogens is 396 g/mol. The average molecular weight is 425 g/mol. The smallest absolute Gasteiger partial charge is 0.405 e. The van der Waals surface area contributed by atoms with Crippen molar-refractivity contribution in [3.8, 4) is 6.07 Å². The SMILES string of the molecule is C[C@H](NC(=O)O)C(=O)N1CCN(CCOC2(C#N)C=CC(c3ccccc3)=CC2)CC1. The lowest BCUT2D eigenvalue weighted by Crippen LogP contribution is -2.54. The first kappa shape index (κ1) is 22.5. The van der Waals surface area contributed by atoms with E-state index in [0.29, 0.717) is 45.8 Å². The van der Waals surface area contributed by atoms with Crippen LogP contribution in [0, 0.1) is 11.3 Å². The number of nitrogens with one attached hydrogen (secondary N) is 1. The first-order valence-corrected chi connectivity index (χ1v) is 10.4. The van der Waals surface area contributed by atoms with Crippen LogP contribution in [0.25, 0.3) is 5.57 Å². The summed E-state index contributed by atoms with van der Waals surface area (Å²) in [7, 11) is 0. The molecule has 8 heteroatoms. The van der Waals surface area contributed by atoms with Gasteiger partial charge in [0.15, 0.2) is 5.60 Å². The lowest BCUT2D eigenvalue weighted by Gasteiger charge is -2.36. The van der Waals surface area contributed by atoms with Crippen molar-refractivity contribution in [2.24, 2.45) is 0 Å². The Balaban J connectivity index is 1.43. The van der Waals surface area contributed by atoms with Crippen molar-refractivity contribution in [1.29, 1.82) is 5.26 Å². The summed E-state index contributed by atoms with van der Waals surface area (Å²) in [6.07, 6.45) is 5.11. The summed E-state index contributed by atoms with van der Waals surface area (Å²) in [6, 6.07) is 11.6. The van der Waals surface area contributed by atoms with Gasteiger partial charge in [-0.15, -0.1) is 0 Å². The van der Waals surface area contributed by atoms with Gasteiger partial charge in [-0.1, -0.05) is 42.5 Å². The minimum Gasteiger partial charge on any atom is -0.465 e. The zero-order valence-corrected chi connectivity index (χ0v) is 17.7. The summed E-state index contributed by atoms with van der Waals surface area (Å²) in [6.45, 7) is 5.07. The molecule has 1 heterocycles. The van der Waals surface area contributed by atoms with Crippen LogP contribution in [0.3, 0.4) is 0 Å². The molecule has 0 bridgehead atoms. The maximum absolute atomic E-state index is 12.3. The molecule has 1 saturated heterocycles. The Kier molecular flexibility index (Phi) is 7.45. The van der Waals surface area contributed by atoms with Crippen LogP contribution >= 0.6 is 0 Å². The molecule has 3 rings (SSSR count). The van der Waals surface area contributed by atoms with Gasteiger partial charge in [-0.05, 0) is 24.1 Å². The Hall–Kier alpha value is -3.15. The van der Waals surface area contributed by atoms with Crippen molar-refractivity contribution in [2.75, 3.05) is 39.3 Å². The number of carbonyl (C=O) groups excluding carboxylic acids is 1. The highest BCUT2D eigenvalue weighted by Gasteiger charge is 2.30. The van der Waals surface area contributed by atoms with Crippen molar-refractivity contribution in [3.63, 3.8) is 0 Å². The first-order valence-electron chi connectivity index (χ1n) is 10.4. The predicted molar refractivity (Wildman–Crippen MR) is 116 cm³/mol. The molecule has 2 N–H and O–H groups in total. The Morgan fingerprint density at radius 1 is 1.26 bits per heavy atom. The number of hydrogen-bond acceptors (Lipinski definition) is 5. The monoisotopic (exact) mass is 424 g/mol. The molecule has 1 aromatic carbocycles. The second-order valence-corrected chi connectivity index (χ2v) is 7.75. The van der Waals surface area contributed by atoms with E-state index >= 15 is 0 Å². The summed E-state index contributed by atoms with van der Waals surface area (Å²) in [4.78, 5) is 26.8. The van der Waals surface area contributed by atoms with Gasteiger partial charge in [-0.25, -0.2) is 4.79 Å². The second kappa shape index (κ2) is 10.2. The zero-order valence-electron chi connectivity index (χ0n) is 17.7. The zero-order chi connectivity index (χ0) is 22.3. The van der Waals surface area contributed by atoms with Gasteiger partial charge in [-0.2, -0.15) is 5.26 Å². The average Bonchev–Trinajstić information content (AvgIpc) is 2.79. The van der Waals surface area contributed by atoms with E-state index < -0.39 is 17.7 Å². The van der Waals surface area contributed by atoms with Crippen LogP contribution in [0.2, 0.25) is 0 Å². The number of carboxylic acid groups (broad SMARTS) is 1. The standard InChI is InChI=1S/C23H28N4O4/c1-18(25-22(29)30)21(28)27-13-11-26(12-14-27)15-16-31-23(17-24)9-7-20(8-10-23)19-5-3-2-4-6-19/h2-9,18,25H,10-16H2,1H3,(H,29,30)/t18-,23?/m0/s1. The Morgan fingerprint density at radius 3 is 2.55 bits per heavy atom. The van der Waals surface area contributed by atoms with Crippen LogP contribution in [-0.4, -0.2) is 77.9 Å². The van der Waals surface area contributed by atoms with E-state index in [1.54, 1.807) is 11.8 Å². The quantitative estimate of drug-likeness (QED) is 0.694. The summed E-state index contributed by atoms with van der Waals surface area (Å²) >= 11 is 0. The molecule has 8 nitrogen and oxygen atoms in total. The van der Waals surface area contributed by atoms with Crippen LogP contribution < -0.4 is 5.32 Å². The number of amides is 2. The van der Waals surface area contributed by atoms with Gasteiger partial charge in [0.1, 0.15) is 12.1 Å². The van der Waals surface area contributed by atoms with Gasteiger partial charge < -0.3 is 20.1 Å². The van der Waals surface area contributed by atoms with Gasteiger partial charge in [-0.3, -0.25) is 9.69 Å². The molecule has 0 saturated carbocycles. The van der Waals surface area contributed by atoms with E-state index in [1.165, 1.54) is 0 Å². The number of rotatable bonds is 7. The molecule has 1 aromatic rings. The molecular formula is C23H28N4O4. The molecule has 1 aliphatic heterocycles. The molecule has 164 valence electrons. The molecule has 1 aliphatic carbocycles. The molecule has 31 heavy (non-hydrogen) atoms. The molecule has 1 unspecified atom stereocenters. The van der Waals surface area contributed by atoms with Gasteiger partial charge in [0.25, 0.3) is 0 Å². The fraction of sp³-hybridized carbons (Fsp3) is 0.435. The lowest BCUT2D eigenvalue weighted by molar-refractivity contribution is -0.134. The summed E-state index contributed by atoms with van der Waals surface area (Å²) in [5, 5.41) is 20.6. The van der Waals surface area contributed by atoms with Crippen LogP contribution in [0.1, 0.15) is 18.9 Å². The van der Waals surface area contributed by atoms with Crippen molar-refractivity contribution in [3.05, 3.63) is 54.1 Å². The van der Waals surface area contributed by atoms with E-state index in [4.69, 9.17) is 9.84 Å². The predicted octanol–water partition coefficient (Wildman–Crippen LogP) is 2.11. The third kappa shape index (κ3) is 5.94. The van der Waals surface area contributed by atoms with Crippen LogP contribution in [0.4, 0.5) is 4.79 Å². The number of ether oxygens (including phenoxy) is 1. The Morgan fingerprint density at radius 2 is 1.97 bits per heavy atom. The van der Waals surface area contributed by atoms with E-state index in [1.807, 2.05) is 48.6 Å². The van der Waals surface area contributed by atoms with Gasteiger partial charge in [0.05, 0.1) is 6.61 Å². The number of allylic oxidation sites excluding steroid dienone is 2. The maximum Gasteiger partial charge on any atom is 0.405 e. The Labute approximate surface area is 182 Å². The summed E-state index contributed by atoms with van der Waals surface area (Å²) < 4.78 is 5.97. The van der Waals surface area contributed by atoms with Gasteiger partial charge >= 0.3 is 6.09 Å². The molecule has 0 radical (unpaired) electrons. The number of piperazine rings is 1. The highest BCUT2D eigenvalue weighted by molar-refractivity contribution is 5.85. The number of nitriles is 1. The van der Waals surface area contributed by atoms with Crippen LogP contribution in [-0.2, 0) is 9.53 Å². The fourth-order valence-electron chi connectivity index (χ4n) is 3.76. The van der Waals surface area contributed by atoms with E-state index in [0.717, 1.165) is 11.1 Å². The second-order valence-electron chi connectivity index (χ2n) is 7.75.